The molecule has 0 bridgehead atoms. The van der Waals surface area contributed by atoms with Crippen molar-refractivity contribution >= 4 is 23.5 Å². The van der Waals surface area contributed by atoms with Gasteiger partial charge in [0, 0.05) is 23.0 Å². The third-order valence-electron chi connectivity index (χ3n) is 5.48. The third kappa shape index (κ3) is 4.35. The summed E-state index contributed by atoms with van der Waals surface area (Å²) in [7, 11) is 0. The van der Waals surface area contributed by atoms with Crippen LogP contribution in [0.15, 0.2) is 46.8 Å². The first kappa shape index (κ1) is 21.4. The second kappa shape index (κ2) is 9.49. The second-order valence-corrected chi connectivity index (χ2v) is 7.69. The average molecular weight is 418 g/mol. The van der Waals surface area contributed by atoms with Crippen LogP contribution in [0, 0.1) is 0 Å². The summed E-state index contributed by atoms with van der Waals surface area (Å²) in [5.74, 6) is -1.34. The molecule has 0 amide bonds. The zero-order valence-electron chi connectivity index (χ0n) is 17.3. The Kier molecular flexibility index (Phi) is 7.01. The summed E-state index contributed by atoms with van der Waals surface area (Å²) >= 11 is 6.27. The molecule has 2 aliphatic rings. The van der Waals surface area contributed by atoms with Crippen LogP contribution in [-0.2, 0) is 19.1 Å². The van der Waals surface area contributed by atoms with E-state index in [2.05, 4.69) is 4.90 Å². The maximum absolute atomic E-state index is 13.2. The van der Waals surface area contributed by atoms with Crippen molar-refractivity contribution in [3.63, 3.8) is 0 Å². The van der Waals surface area contributed by atoms with Gasteiger partial charge in [-0.2, -0.15) is 0 Å². The van der Waals surface area contributed by atoms with Gasteiger partial charge in [-0.25, -0.2) is 9.59 Å². The Bertz CT molecular complexity index is 858. The Morgan fingerprint density at radius 3 is 2.41 bits per heavy atom. The minimum atomic E-state index is -0.559. The molecule has 0 saturated carbocycles. The quantitative estimate of drug-likeness (QED) is 0.633. The van der Waals surface area contributed by atoms with Gasteiger partial charge in [0.2, 0.25) is 0 Å². The van der Waals surface area contributed by atoms with Gasteiger partial charge in [0.25, 0.3) is 0 Å². The summed E-state index contributed by atoms with van der Waals surface area (Å²) in [5, 5.41) is 0.555. The summed E-state index contributed by atoms with van der Waals surface area (Å²) in [6, 6.07) is 7.33. The molecule has 5 nitrogen and oxygen atoms in total. The van der Waals surface area contributed by atoms with Crippen LogP contribution >= 0.6 is 11.6 Å². The van der Waals surface area contributed by atoms with E-state index in [1.807, 2.05) is 25.1 Å². The highest BCUT2D eigenvalue weighted by Gasteiger charge is 2.41. The lowest BCUT2D eigenvalue weighted by Gasteiger charge is -2.38. The molecular formula is C23H28ClNO4. The van der Waals surface area contributed by atoms with Crippen molar-refractivity contribution < 1.29 is 19.1 Å². The van der Waals surface area contributed by atoms with Gasteiger partial charge in [0.15, 0.2) is 0 Å². The molecule has 1 saturated heterocycles. The summed E-state index contributed by atoms with van der Waals surface area (Å²) in [6.45, 7) is 6.83. The fraction of sp³-hybridized carbons (Fsp3) is 0.478. The molecule has 1 fully saturated rings. The molecular weight excluding hydrogens is 390 g/mol. The zero-order chi connectivity index (χ0) is 21.0. The molecule has 0 radical (unpaired) electrons. The van der Waals surface area contributed by atoms with Crippen molar-refractivity contribution in [1.29, 1.82) is 0 Å². The maximum atomic E-state index is 13.2. The normalized spacial score (nSPS) is 19.6. The second-order valence-electron chi connectivity index (χ2n) is 7.25. The van der Waals surface area contributed by atoms with E-state index in [1.54, 1.807) is 19.9 Å². The van der Waals surface area contributed by atoms with E-state index in [0.29, 0.717) is 16.2 Å². The number of allylic oxidation sites excluding steroid dienone is 2. The highest BCUT2D eigenvalue weighted by Crippen LogP contribution is 2.45. The molecule has 1 aromatic carbocycles. The van der Waals surface area contributed by atoms with Crippen LogP contribution in [0.2, 0.25) is 5.02 Å². The van der Waals surface area contributed by atoms with Crippen LogP contribution in [0.4, 0.5) is 0 Å². The minimum Gasteiger partial charge on any atom is -0.463 e. The summed E-state index contributed by atoms with van der Waals surface area (Å²) in [5.41, 5.74) is 3.61. The van der Waals surface area contributed by atoms with E-state index >= 15 is 0 Å². The number of halogens is 1. The van der Waals surface area contributed by atoms with Gasteiger partial charge < -0.3 is 14.4 Å². The van der Waals surface area contributed by atoms with Crippen LogP contribution in [0.3, 0.4) is 0 Å². The number of hydrogen-bond acceptors (Lipinski definition) is 5. The highest BCUT2D eigenvalue weighted by atomic mass is 35.5. The number of carbonyl (C=O) groups excluding carboxylic acids is 2. The predicted octanol–water partition coefficient (Wildman–Crippen LogP) is 4.97. The van der Waals surface area contributed by atoms with Crippen molar-refractivity contribution in [2.75, 3.05) is 19.8 Å². The molecule has 2 heterocycles. The number of esters is 2. The fourth-order valence-corrected chi connectivity index (χ4v) is 4.46. The lowest BCUT2D eigenvalue weighted by molar-refractivity contribution is -0.139. The average Bonchev–Trinajstić information content (AvgIpc) is 2.94. The maximum Gasteiger partial charge on any atom is 0.336 e. The van der Waals surface area contributed by atoms with E-state index in [4.69, 9.17) is 21.1 Å². The van der Waals surface area contributed by atoms with Crippen LogP contribution in [0.1, 0.15) is 57.9 Å². The van der Waals surface area contributed by atoms with Gasteiger partial charge in [0.05, 0.1) is 30.3 Å². The van der Waals surface area contributed by atoms with Gasteiger partial charge in [-0.05, 0) is 57.7 Å². The molecule has 0 aromatic heterocycles. The summed E-state index contributed by atoms with van der Waals surface area (Å²) in [4.78, 5) is 28.3. The molecule has 0 N–H and O–H groups in total. The van der Waals surface area contributed by atoms with Crippen LogP contribution in [0.25, 0.3) is 0 Å². The molecule has 1 atom stereocenters. The molecule has 0 spiro atoms. The van der Waals surface area contributed by atoms with Crippen molar-refractivity contribution in [2.24, 2.45) is 0 Å². The van der Waals surface area contributed by atoms with Gasteiger partial charge in [0.1, 0.15) is 0 Å². The Labute approximate surface area is 177 Å². The number of rotatable bonds is 5. The van der Waals surface area contributed by atoms with Crippen molar-refractivity contribution in [1.82, 2.24) is 4.90 Å². The molecule has 3 rings (SSSR count). The molecule has 1 aromatic rings. The third-order valence-corrected chi connectivity index (χ3v) is 5.71. The molecule has 156 valence electrons. The Morgan fingerprint density at radius 1 is 1.07 bits per heavy atom. The number of benzene rings is 1. The minimum absolute atomic E-state index is 0.267. The van der Waals surface area contributed by atoms with Crippen molar-refractivity contribution in [2.45, 2.75) is 52.4 Å². The van der Waals surface area contributed by atoms with E-state index in [1.165, 1.54) is 0 Å². The molecule has 0 aliphatic carbocycles. The summed E-state index contributed by atoms with van der Waals surface area (Å²) in [6.07, 6.45) is 3.87. The predicted molar refractivity (Wildman–Crippen MR) is 112 cm³/mol. The molecule has 2 aliphatic heterocycles. The zero-order valence-corrected chi connectivity index (χ0v) is 18.1. The number of fused-ring (bicyclic) bond motifs is 1. The lowest BCUT2D eigenvalue weighted by atomic mass is 9.79. The Hall–Kier alpha value is -2.27. The Balaban J connectivity index is 2.26. The van der Waals surface area contributed by atoms with Gasteiger partial charge in [-0.3, -0.25) is 0 Å². The highest BCUT2D eigenvalue weighted by molar-refractivity contribution is 6.30. The molecule has 6 heteroatoms. The first-order valence-electron chi connectivity index (χ1n) is 10.3. The van der Waals surface area contributed by atoms with E-state index < -0.39 is 11.9 Å². The number of ether oxygens (including phenoxy) is 2. The van der Waals surface area contributed by atoms with Gasteiger partial charge in [-0.15, -0.1) is 0 Å². The molecule has 1 unspecified atom stereocenters. The molecule has 29 heavy (non-hydrogen) atoms. The van der Waals surface area contributed by atoms with Crippen LogP contribution in [0.5, 0.6) is 0 Å². The van der Waals surface area contributed by atoms with Gasteiger partial charge in [-0.1, -0.05) is 30.2 Å². The SMILES string of the molecule is CCOC(=O)C1=C(C)N2CCCCCC2=C(C(=O)OCC)C1c1cccc(Cl)c1. The smallest absolute Gasteiger partial charge is 0.336 e. The standard InChI is InChI=1S/C23H28ClNO4/c1-4-28-22(26)19-15(3)25-13-8-6-7-12-18(25)21(23(27)29-5-2)20(19)16-10-9-11-17(24)14-16/h9-11,14,20H,4-8,12-13H2,1-3H3. The number of nitrogens with zero attached hydrogens (tertiary/aromatic N) is 1. The van der Waals surface area contributed by atoms with E-state index in [-0.39, 0.29) is 19.2 Å². The van der Waals surface area contributed by atoms with Crippen molar-refractivity contribution in [3.8, 4) is 0 Å². The first-order valence-corrected chi connectivity index (χ1v) is 10.7. The fourth-order valence-electron chi connectivity index (χ4n) is 4.26. The van der Waals surface area contributed by atoms with Gasteiger partial charge >= 0.3 is 11.9 Å². The monoisotopic (exact) mass is 417 g/mol. The topological polar surface area (TPSA) is 55.8 Å². The van der Waals surface area contributed by atoms with E-state index in [0.717, 1.165) is 49.2 Å². The number of hydrogen-bond donors (Lipinski definition) is 0. The largest absolute Gasteiger partial charge is 0.463 e. The van der Waals surface area contributed by atoms with Crippen molar-refractivity contribution in [3.05, 3.63) is 57.4 Å². The number of carbonyl (C=O) groups is 2. The first-order chi connectivity index (χ1) is 14.0. The lowest BCUT2D eigenvalue weighted by Crippen LogP contribution is -2.36. The van der Waals surface area contributed by atoms with Crippen LogP contribution < -0.4 is 0 Å². The van der Waals surface area contributed by atoms with E-state index in [9.17, 15) is 9.59 Å². The summed E-state index contributed by atoms with van der Waals surface area (Å²) < 4.78 is 10.8. The van der Waals surface area contributed by atoms with Crippen LogP contribution in [-0.4, -0.2) is 36.6 Å². The Morgan fingerprint density at radius 2 is 1.76 bits per heavy atom.